The molecule has 0 aromatic heterocycles. The van der Waals surface area contributed by atoms with E-state index in [9.17, 15) is 9.59 Å². The van der Waals surface area contributed by atoms with Crippen LogP contribution in [0.4, 0.5) is 5.69 Å². The maximum absolute atomic E-state index is 12.4. The molecule has 1 aliphatic heterocycles. The van der Waals surface area contributed by atoms with Gasteiger partial charge in [-0.25, -0.2) is 0 Å². The van der Waals surface area contributed by atoms with Gasteiger partial charge < -0.3 is 15.0 Å². The number of anilines is 1. The Morgan fingerprint density at radius 3 is 2.42 bits per heavy atom. The molecule has 0 spiro atoms. The van der Waals surface area contributed by atoms with E-state index in [0.29, 0.717) is 17.1 Å². The van der Waals surface area contributed by atoms with Gasteiger partial charge in [0.05, 0.1) is 12.1 Å². The lowest BCUT2D eigenvalue weighted by Gasteiger charge is -2.17. The SMILES string of the molecule is CC(C)Oc1ccc(C(=O)NC2CC(=O)N(c3ccc(Cl)cc3)C2)cc1. The lowest BCUT2D eigenvalue weighted by atomic mass is 10.1. The molecule has 0 aliphatic carbocycles. The van der Waals surface area contributed by atoms with Crippen molar-refractivity contribution in [2.24, 2.45) is 0 Å². The summed E-state index contributed by atoms with van der Waals surface area (Å²) < 4.78 is 5.58. The van der Waals surface area contributed by atoms with Gasteiger partial charge in [0.2, 0.25) is 5.91 Å². The molecule has 2 amide bonds. The first-order chi connectivity index (χ1) is 12.4. The molecule has 26 heavy (non-hydrogen) atoms. The number of benzene rings is 2. The molecule has 1 heterocycles. The molecule has 136 valence electrons. The van der Waals surface area contributed by atoms with Crippen LogP contribution >= 0.6 is 11.6 Å². The summed E-state index contributed by atoms with van der Waals surface area (Å²) in [5.74, 6) is 0.511. The van der Waals surface area contributed by atoms with Gasteiger partial charge in [-0.05, 0) is 62.4 Å². The van der Waals surface area contributed by atoms with Crippen molar-refractivity contribution >= 4 is 29.1 Å². The van der Waals surface area contributed by atoms with Gasteiger partial charge in [0.15, 0.2) is 0 Å². The van der Waals surface area contributed by atoms with E-state index < -0.39 is 0 Å². The average molecular weight is 373 g/mol. The van der Waals surface area contributed by atoms with Crippen molar-refractivity contribution in [2.45, 2.75) is 32.4 Å². The Morgan fingerprint density at radius 2 is 1.81 bits per heavy atom. The van der Waals surface area contributed by atoms with Crippen molar-refractivity contribution in [3.63, 3.8) is 0 Å². The number of carbonyl (C=O) groups excluding carboxylic acids is 2. The van der Waals surface area contributed by atoms with Crippen LogP contribution < -0.4 is 15.0 Å². The van der Waals surface area contributed by atoms with Gasteiger partial charge in [-0.15, -0.1) is 0 Å². The summed E-state index contributed by atoms with van der Waals surface area (Å²) in [6.45, 7) is 4.34. The highest BCUT2D eigenvalue weighted by molar-refractivity contribution is 6.30. The molecule has 6 heteroatoms. The monoisotopic (exact) mass is 372 g/mol. The van der Waals surface area contributed by atoms with E-state index in [1.165, 1.54) is 0 Å². The first kappa shape index (κ1) is 18.3. The Kier molecular flexibility index (Phi) is 5.47. The minimum Gasteiger partial charge on any atom is -0.491 e. The van der Waals surface area contributed by atoms with E-state index in [0.717, 1.165) is 11.4 Å². The van der Waals surface area contributed by atoms with Gasteiger partial charge in [-0.1, -0.05) is 11.6 Å². The van der Waals surface area contributed by atoms with Crippen LogP contribution in [0.1, 0.15) is 30.6 Å². The zero-order valence-corrected chi connectivity index (χ0v) is 15.5. The van der Waals surface area contributed by atoms with Gasteiger partial charge in [0.25, 0.3) is 5.91 Å². The van der Waals surface area contributed by atoms with Crippen molar-refractivity contribution in [1.29, 1.82) is 0 Å². The van der Waals surface area contributed by atoms with Crippen molar-refractivity contribution < 1.29 is 14.3 Å². The third-order valence-electron chi connectivity index (χ3n) is 4.09. The van der Waals surface area contributed by atoms with Crippen molar-refractivity contribution in [3.8, 4) is 5.75 Å². The summed E-state index contributed by atoms with van der Waals surface area (Å²) in [5.41, 5.74) is 1.32. The number of nitrogens with one attached hydrogen (secondary N) is 1. The van der Waals surface area contributed by atoms with Gasteiger partial charge in [0, 0.05) is 29.2 Å². The van der Waals surface area contributed by atoms with E-state index >= 15 is 0 Å². The van der Waals surface area contributed by atoms with Crippen molar-refractivity contribution in [1.82, 2.24) is 5.32 Å². The highest BCUT2D eigenvalue weighted by atomic mass is 35.5. The van der Waals surface area contributed by atoms with Crippen LogP contribution in [0.15, 0.2) is 48.5 Å². The van der Waals surface area contributed by atoms with Crippen LogP contribution in [0.2, 0.25) is 5.02 Å². The van der Waals surface area contributed by atoms with E-state index in [2.05, 4.69) is 5.32 Å². The highest BCUT2D eigenvalue weighted by Gasteiger charge is 2.31. The van der Waals surface area contributed by atoms with Crippen LogP contribution in [0, 0.1) is 0 Å². The van der Waals surface area contributed by atoms with E-state index in [1.807, 2.05) is 13.8 Å². The highest BCUT2D eigenvalue weighted by Crippen LogP contribution is 2.23. The zero-order valence-electron chi connectivity index (χ0n) is 14.7. The smallest absolute Gasteiger partial charge is 0.251 e. The first-order valence-corrected chi connectivity index (χ1v) is 8.93. The molecular formula is C20H21ClN2O3. The molecular weight excluding hydrogens is 352 g/mol. The summed E-state index contributed by atoms with van der Waals surface area (Å²) in [7, 11) is 0. The summed E-state index contributed by atoms with van der Waals surface area (Å²) in [4.78, 5) is 26.4. The molecule has 1 aliphatic rings. The van der Waals surface area contributed by atoms with Crippen LogP contribution in [-0.4, -0.2) is 30.5 Å². The maximum Gasteiger partial charge on any atom is 0.251 e. The van der Waals surface area contributed by atoms with E-state index in [1.54, 1.807) is 53.4 Å². The van der Waals surface area contributed by atoms with Gasteiger partial charge in [-0.2, -0.15) is 0 Å². The Hall–Kier alpha value is -2.53. The second-order valence-corrected chi connectivity index (χ2v) is 6.98. The average Bonchev–Trinajstić information content (AvgIpc) is 2.96. The number of carbonyl (C=O) groups is 2. The Balaban J connectivity index is 1.61. The molecule has 0 bridgehead atoms. The third kappa shape index (κ3) is 4.35. The molecule has 2 aromatic rings. The quantitative estimate of drug-likeness (QED) is 0.871. The number of nitrogens with zero attached hydrogens (tertiary/aromatic N) is 1. The number of hydrogen-bond donors (Lipinski definition) is 1. The van der Waals surface area contributed by atoms with E-state index in [4.69, 9.17) is 16.3 Å². The Labute approximate surface area is 157 Å². The molecule has 2 aromatic carbocycles. The molecule has 1 atom stereocenters. The van der Waals surface area contributed by atoms with Crippen LogP contribution in [0.3, 0.4) is 0 Å². The summed E-state index contributed by atoms with van der Waals surface area (Å²) >= 11 is 5.89. The molecule has 1 fully saturated rings. The fourth-order valence-electron chi connectivity index (χ4n) is 2.90. The third-order valence-corrected chi connectivity index (χ3v) is 4.34. The molecule has 1 saturated heterocycles. The van der Waals surface area contributed by atoms with Gasteiger partial charge in [0.1, 0.15) is 5.75 Å². The molecule has 3 rings (SSSR count). The summed E-state index contributed by atoms with van der Waals surface area (Å²) in [6.07, 6.45) is 0.362. The predicted octanol–water partition coefficient (Wildman–Crippen LogP) is 3.66. The van der Waals surface area contributed by atoms with Crippen molar-refractivity contribution in [3.05, 3.63) is 59.1 Å². The predicted molar refractivity (Wildman–Crippen MR) is 102 cm³/mol. The number of halogens is 1. The molecule has 1 unspecified atom stereocenters. The normalized spacial score (nSPS) is 16.8. The lowest BCUT2D eigenvalue weighted by molar-refractivity contribution is -0.117. The Morgan fingerprint density at radius 1 is 1.15 bits per heavy atom. The second kappa shape index (κ2) is 7.79. The largest absolute Gasteiger partial charge is 0.491 e. The number of amides is 2. The second-order valence-electron chi connectivity index (χ2n) is 6.55. The summed E-state index contributed by atoms with van der Waals surface area (Å²) in [6, 6.07) is 13.9. The first-order valence-electron chi connectivity index (χ1n) is 8.56. The van der Waals surface area contributed by atoms with Gasteiger partial charge in [-0.3, -0.25) is 9.59 Å². The van der Waals surface area contributed by atoms with E-state index in [-0.39, 0.29) is 30.4 Å². The lowest BCUT2D eigenvalue weighted by Crippen LogP contribution is -2.37. The standard InChI is InChI=1S/C20H21ClN2O3/c1-13(2)26-18-9-3-14(4-10-18)20(25)22-16-11-19(24)23(12-16)17-7-5-15(21)6-8-17/h3-10,13,16H,11-12H2,1-2H3,(H,22,25). The van der Waals surface area contributed by atoms with Gasteiger partial charge >= 0.3 is 0 Å². The van der Waals surface area contributed by atoms with Crippen LogP contribution in [0.25, 0.3) is 0 Å². The molecule has 0 radical (unpaired) electrons. The minimum absolute atomic E-state index is 0.0155. The van der Waals surface area contributed by atoms with Crippen LogP contribution in [-0.2, 0) is 4.79 Å². The fraction of sp³-hybridized carbons (Fsp3) is 0.300. The molecule has 1 N–H and O–H groups in total. The molecule has 5 nitrogen and oxygen atoms in total. The van der Waals surface area contributed by atoms with Crippen molar-refractivity contribution in [2.75, 3.05) is 11.4 Å². The fourth-order valence-corrected chi connectivity index (χ4v) is 3.03. The number of hydrogen-bond acceptors (Lipinski definition) is 3. The summed E-state index contributed by atoms with van der Waals surface area (Å²) in [5, 5.41) is 3.55. The maximum atomic E-state index is 12.4. The number of ether oxygens (including phenoxy) is 1. The van der Waals surface area contributed by atoms with Crippen LogP contribution in [0.5, 0.6) is 5.75 Å². The number of rotatable bonds is 5. The molecule has 0 saturated carbocycles. The minimum atomic E-state index is -0.225. The topological polar surface area (TPSA) is 58.6 Å². The Bertz CT molecular complexity index is 788. The zero-order chi connectivity index (χ0) is 18.7.